The van der Waals surface area contributed by atoms with Crippen LogP contribution in [0, 0.1) is 0 Å². The number of phenolic OH excluding ortho intramolecular Hbond substituents is 1. The highest BCUT2D eigenvalue weighted by Gasteiger charge is 2.61. The second-order valence-electron chi connectivity index (χ2n) is 8.69. The number of imidazole rings is 1. The Morgan fingerprint density at radius 1 is 1.19 bits per heavy atom. The average molecular weight is 428 g/mol. The zero-order valence-corrected chi connectivity index (χ0v) is 17.0. The van der Waals surface area contributed by atoms with Gasteiger partial charge in [0.15, 0.2) is 6.17 Å². The number of piperidine rings is 1. The molecule has 0 amide bonds. The molecular formula is C21H22F2N6O2. The van der Waals surface area contributed by atoms with Crippen molar-refractivity contribution in [3.8, 4) is 28.7 Å². The number of benzene rings is 1. The van der Waals surface area contributed by atoms with E-state index in [0.29, 0.717) is 11.3 Å². The molecule has 0 spiro atoms. The topological polar surface area (TPSA) is 98.0 Å². The average Bonchev–Trinajstić information content (AvgIpc) is 3.33. The van der Waals surface area contributed by atoms with Crippen molar-refractivity contribution >= 4 is 0 Å². The van der Waals surface area contributed by atoms with Crippen molar-refractivity contribution in [1.82, 2.24) is 30.0 Å². The third-order valence-corrected chi connectivity index (χ3v) is 6.28. The van der Waals surface area contributed by atoms with Crippen LogP contribution in [0.5, 0.6) is 11.8 Å². The Kier molecular flexibility index (Phi) is 4.44. The summed E-state index contributed by atoms with van der Waals surface area (Å²) in [7, 11) is 0. The molecule has 2 N–H and O–H groups in total. The van der Waals surface area contributed by atoms with Gasteiger partial charge in [0.25, 0.3) is 0 Å². The Bertz CT molecular complexity index is 1100. The Balaban J connectivity index is 1.34. The SMILES string of the molecule is C[C@]12C[C@@H](Oc3ncc(-c4ccc(-n5ccnc5)cc4O)nn3)[C@H](F)[C@](C)(C[C@@H]1F)N2. The quantitative estimate of drug-likeness (QED) is 0.659. The lowest BCUT2D eigenvalue weighted by Gasteiger charge is -2.43. The summed E-state index contributed by atoms with van der Waals surface area (Å²) in [6.45, 7) is 3.41. The van der Waals surface area contributed by atoms with Crippen LogP contribution >= 0.6 is 0 Å². The fourth-order valence-corrected chi connectivity index (χ4v) is 4.66. The molecule has 2 aromatic heterocycles. The van der Waals surface area contributed by atoms with Crippen LogP contribution in [-0.4, -0.2) is 59.4 Å². The number of phenols is 1. The largest absolute Gasteiger partial charge is 0.507 e. The number of aromatic nitrogens is 5. The highest BCUT2D eigenvalue weighted by molar-refractivity contribution is 5.67. The number of ether oxygens (including phenoxy) is 1. The minimum Gasteiger partial charge on any atom is -0.507 e. The van der Waals surface area contributed by atoms with E-state index in [0.717, 1.165) is 5.69 Å². The maximum atomic E-state index is 15.0. The number of halogens is 2. The zero-order chi connectivity index (χ0) is 21.8. The number of hydrogen-bond donors (Lipinski definition) is 2. The molecule has 5 rings (SSSR count). The highest BCUT2D eigenvalue weighted by atomic mass is 19.1. The lowest BCUT2D eigenvalue weighted by Crippen LogP contribution is -2.64. The van der Waals surface area contributed by atoms with Crippen molar-refractivity contribution in [3.05, 3.63) is 43.1 Å². The van der Waals surface area contributed by atoms with E-state index in [9.17, 15) is 9.50 Å². The predicted molar refractivity (Wildman–Crippen MR) is 107 cm³/mol. The summed E-state index contributed by atoms with van der Waals surface area (Å²) >= 11 is 0. The van der Waals surface area contributed by atoms with Gasteiger partial charge in [-0.05, 0) is 26.0 Å². The minimum absolute atomic E-state index is 0.00422. The van der Waals surface area contributed by atoms with Gasteiger partial charge in [-0.2, -0.15) is 0 Å². The summed E-state index contributed by atoms with van der Waals surface area (Å²) in [5.74, 6) is 0.00422. The predicted octanol–water partition coefficient (Wildman–Crippen LogP) is 2.77. The van der Waals surface area contributed by atoms with Gasteiger partial charge in [0.2, 0.25) is 0 Å². The molecule has 2 aliphatic rings. The third kappa shape index (κ3) is 3.31. The molecule has 2 bridgehead atoms. The highest BCUT2D eigenvalue weighted by Crippen LogP contribution is 2.46. The van der Waals surface area contributed by atoms with E-state index in [1.54, 1.807) is 55.3 Å². The first kappa shape index (κ1) is 19.8. The van der Waals surface area contributed by atoms with Crippen molar-refractivity contribution < 1.29 is 18.6 Å². The van der Waals surface area contributed by atoms with Crippen LogP contribution in [0.1, 0.15) is 26.7 Å². The minimum atomic E-state index is -1.41. The number of alkyl halides is 2. The van der Waals surface area contributed by atoms with Crippen molar-refractivity contribution in [1.29, 1.82) is 0 Å². The van der Waals surface area contributed by atoms with Crippen molar-refractivity contribution in [2.24, 2.45) is 0 Å². The monoisotopic (exact) mass is 428 g/mol. The second kappa shape index (κ2) is 6.94. The van der Waals surface area contributed by atoms with Crippen molar-refractivity contribution in [2.45, 2.75) is 56.2 Å². The fourth-order valence-electron chi connectivity index (χ4n) is 4.66. The molecule has 2 aliphatic heterocycles. The standard InChI is InChI=1S/C21H22F2N6O2/c1-20-8-16(18(23)21(2,28-20)9-17(20)22)31-19-25-10-14(26-27-19)13-4-3-12(7-15(13)30)29-6-5-24-11-29/h3-7,10-11,16-18,28,30H,8-9H2,1-2H3/t16-,17+,18+,20+,21+/m1/s1. The lowest BCUT2D eigenvalue weighted by molar-refractivity contribution is -0.0154. The first-order valence-electron chi connectivity index (χ1n) is 10.0. The Labute approximate surface area is 177 Å². The van der Waals surface area contributed by atoms with Gasteiger partial charge in [-0.15, -0.1) is 5.10 Å². The maximum Gasteiger partial charge on any atom is 0.336 e. The molecule has 5 atom stereocenters. The number of nitrogens with zero attached hydrogens (tertiary/aromatic N) is 5. The first-order chi connectivity index (χ1) is 14.8. The third-order valence-electron chi connectivity index (χ3n) is 6.28. The van der Waals surface area contributed by atoms with Gasteiger partial charge < -0.3 is 19.7 Å². The van der Waals surface area contributed by atoms with E-state index >= 15 is 4.39 Å². The molecule has 0 aliphatic carbocycles. The van der Waals surface area contributed by atoms with Gasteiger partial charge >= 0.3 is 6.01 Å². The van der Waals surface area contributed by atoms with Crippen LogP contribution < -0.4 is 10.1 Å². The fraction of sp³-hybridized carbons (Fsp3) is 0.429. The smallest absolute Gasteiger partial charge is 0.336 e. The number of fused-ring (bicyclic) bond motifs is 2. The molecule has 31 heavy (non-hydrogen) atoms. The van der Waals surface area contributed by atoms with Crippen LogP contribution in [0.2, 0.25) is 0 Å². The molecule has 1 aromatic carbocycles. The van der Waals surface area contributed by atoms with Crippen LogP contribution in [-0.2, 0) is 0 Å². The van der Waals surface area contributed by atoms with E-state index < -0.39 is 29.5 Å². The van der Waals surface area contributed by atoms with Crippen molar-refractivity contribution in [3.63, 3.8) is 0 Å². The van der Waals surface area contributed by atoms with Crippen molar-refractivity contribution in [2.75, 3.05) is 0 Å². The maximum absolute atomic E-state index is 15.0. The zero-order valence-electron chi connectivity index (χ0n) is 17.0. The molecule has 0 radical (unpaired) electrons. The summed E-state index contributed by atoms with van der Waals surface area (Å²) < 4.78 is 36.9. The van der Waals surface area contributed by atoms with Gasteiger partial charge in [0.05, 0.1) is 29.3 Å². The summed E-state index contributed by atoms with van der Waals surface area (Å²) in [5, 5.41) is 21.5. The van der Waals surface area contributed by atoms with Gasteiger partial charge in [0, 0.05) is 36.9 Å². The number of aromatic hydroxyl groups is 1. The Morgan fingerprint density at radius 3 is 2.71 bits per heavy atom. The van der Waals surface area contributed by atoms with E-state index in [1.165, 1.54) is 6.20 Å². The molecule has 2 saturated heterocycles. The normalized spacial score (nSPS) is 32.2. The molecule has 10 heteroatoms. The van der Waals surface area contributed by atoms with E-state index in [-0.39, 0.29) is 24.6 Å². The molecule has 8 nitrogen and oxygen atoms in total. The lowest BCUT2D eigenvalue weighted by atomic mass is 9.84. The Hall–Kier alpha value is -3.14. The van der Waals surface area contributed by atoms with E-state index in [2.05, 4.69) is 25.5 Å². The van der Waals surface area contributed by atoms with E-state index in [1.807, 2.05) is 0 Å². The molecule has 0 unspecified atom stereocenters. The molecular weight excluding hydrogens is 406 g/mol. The first-order valence-corrected chi connectivity index (χ1v) is 10.0. The molecule has 0 saturated carbocycles. The Morgan fingerprint density at radius 2 is 2.03 bits per heavy atom. The summed E-state index contributed by atoms with van der Waals surface area (Å²) in [6, 6.07) is 4.99. The molecule has 4 heterocycles. The number of rotatable bonds is 4. The number of nitrogens with one attached hydrogen (secondary N) is 1. The van der Waals surface area contributed by atoms with Gasteiger partial charge in [-0.25, -0.2) is 18.7 Å². The van der Waals surface area contributed by atoms with Crippen LogP contribution in [0.15, 0.2) is 43.1 Å². The molecule has 162 valence electrons. The van der Waals surface area contributed by atoms with Crippen LogP contribution in [0.3, 0.4) is 0 Å². The molecule has 3 aromatic rings. The van der Waals surface area contributed by atoms with Gasteiger partial charge in [-0.1, -0.05) is 5.10 Å². The summed E-state index contributed by atoms with van der Waals surface area (Å²) in [4.78, 5) is 8.11. The van der Waals surface area contributed by atoms with Gasteiger partial charge in [-0.3, -0.25) is 0 Å². The van der Waals surface area contributed by atoms with Crippen LogP contribution in [0.4, 0.5) is 8.78 Å². The summed E-state index contributed by atoms with van der Waals surface area (Å²) in [6.07, 6.45) is 3.24. The molecule has 2 fully saturated rings. The van der Waals surface area contributed by atoms with Gasteiger partial charge in [0.1, 0.15) is 23.7 Å². The number of hydrogen-bond acceptors (Lipinski definition) is 7. The second-order valence-corrected chi connectivity index (χ2v) is 8.69. The summed E-state index contributed by atoms with van der Waals surface area (Å²) in [5.41, 5.74) is -0.320. The van der Waals surface area contributed by atoms with Crippen LogP contribution in [0.25, 0.3) is 16.9 Å². The van der Waals surface area contributed by atoms with E-state index in [4.69, 9.17) is 4.74 Å².